The summed E-state index contributed by atoms with van der Waals surface area (Å²) < 4.78 is 0. The lowest BCUT2D eigenvalue weighted by Gasteiger charge is -2.25. The SMILES string of the molecule is CC(=O)NCCN(CCCCc1ccc2c(n1)NCCC2)CC[C@H](Nc1cccnc1)C(=O)O. The van der Waals surface area contributed by atoms with E-state index in [2.05, 4.69) is 38.0 Å². The minimum absolute atomic E-state index is 0.0614. The molecular formula is C25H36N6O3. The minimum atomic E-state index is -0.891. The first-order valence-electron chi connectivity index (χ1n) is 12.1. The van der Waals surface area contributed by atoms with Gasteiger partial charge in [-0.15, -0.1) is 0 Å². The molecule has 3 heterocycles. The molecule has 0 spiro atoms. The summed E-state index contributed by atoms with van der Waals surface area (Å²) in [6.45, 7) is 5.16. The molecule has 1 aliphatic rings. The third-order valence-corrected chi connectivity index (χ3v) is 5.95. The van der Waals surface area contributed by atoms with Gasteiger partial charge in [0.15, 0.2) is 0 Å². The highest BCUT2D eigenvalue weighted by molar-refractivity contribution is 5.77. The zero-order valence-corrected chi connectivity index (χ0v) is 19.9. The van der Waals surface area contributed by atoms with Crippen LogP contribution in [0.1, 0.15) is 43.9 Å². The number of carbonyl (C=O) groups excluding carboxylic acids is 1. The number of hydrogen-bond donors (Lipinski definition) is 4. The molecule has 0 radical (unpaired) electrons. The van der Waals surface area contributed by atoms with Crippen molar-refractivity contribution in [3.05, 3.63) is 47.9 Å². The number of pyridine rings is 2. The first-order valence-corrected chi connectivity index (χ1v) is 12.1. The van der Waals surface area contributed by atoms with E-state index in [1.54, 1.807) is 18.5 Å². The first-order chi connectivity index (χ1) is 16.5. The Labute approximate surface area is 201 Å². The predicted octanol–water partition coefficient (Wildman–Crippen LogP) is 2.55. The average molecular weight is 469 g/mol. The van der Waals surface area contributed by atoms with Crippen molar-refractivity contribution in [2.75, 3.05) is 43.4 Å². The Morgan fingerprint density at radius 3 is 2.85 bits per heavy atom. The fourth-order valence-corrected chi connectivity index (χ4v) is 4.09. The van der Waals surface area contributed by atoms with E-state index in [-0.39, 0.29) is 5.91 Å². The van der Waals surface area contributed by atoms with Crippen molar-refractivity contribution in [1.82, 2.24) is 20.2 Å². The number of rotatable bonds is 14. The van der Waals surface area contributed by atoms with Crippen molar-refractivity contribution in [3.8, 4) is 0 Å². The number of nitrogens with zero attached hydrogens (tertiary/aromatic N) is 3. The van der Waals surface area contributed by atoms with Gasteiger partial charge in [0, 0.05) is 51.2 Å². The number of nitrogens with one attached hydrogen (secondary N) is 3. The second kappa shape index (κ2) is 13.5. The molecule has 3 rings (SSSR count). The van der Waals surface area contributed by atoms with Gasteiger partial charge < -0.3 is 26.0 Å². The number of aryl methyl sites for hydroxylation is 2. The Morgan fingerprint density at radius 2 is 2.09 bits per heavy atom. The van der Waals surface area contributed by atoms with E-state index in [4.69, 9.17) is 4.98 Å². The highest BCUT2D eigenvalue weighted by atomic mass is 16.4. The monoisotopic (exact) mass is 468 g/mol. The van der Waals surface area contributed by atoms with Crippen LogP contribution in [-0.4, -0.2) is 70.6 Å². The summed E-state index contributed by atoms with van der Waals surface area (Å²) in [5, 5.41) is 18.9. The highest BCUT2D eigenvalue weighted by Crippen LogP contribution is 2.20. The summed E-state index contributed by atoms with van der Waals surface area (Å²) in [4.78, 5) is 34.1. The van der Waals surface area contributed by atoms with Gasteiger partial charge in [-0.1, -0.05) is 6.07 Å². The molecule has 0 bridgehead atoms. The molecule has 0 fully saturated rings. The Hall–Kier alpha value is -3.20. The Balaban J connectivity index is 1.48. The molecule has 1 aliphatic heterocycles. The summed E-state index contributed by atoms with van der Waals surface area (Å²) in [5.41, 5.74) is 3.09. The van der Waals surface area contributed by atoms with Gasteiger partial charge in [0.1, 0.15) is 11.9 Å². The fraction of sp³-hybridized carbons (Fsp3) is 0.520. The number of carbonyl (C=O) groups is 2. The first kappa shape index (κ1) is 25.4. The molecule has 0 saturated heterocycles. The van der Waals surface area contributed by atoms with E-state index >= 15 is 0 Å². The molecule has 1 amide bonds. The van der Waals surface area contributed by atoms with Crippen molar-refractivity contribution >= 4 is 23.4 Å². The van der Waals surface area contributed by atoms with E-state index < -0.39 is 12.0 Å². The molecule has 0 unspecified atom stereocenters. The van der Waals surface area contributed by atoms with Gasteiger partial charge in [0.25, 0.3) is 0 Å². The summed E-state index contributed by atoms with van der Waals surface area (Å²) in [5.74, 6) is 0.0768. The van der Waals surface area contributed by atoms with Crippen LogP contribution < -0.4 is 16.0 Å². The summed E-state index contributed by atoms with van der Waals surface area (Å²) in [6, 6.07) is 7.18. The molecule has 2 aromatic rings. The number of aliphatic carboxylic acids is 1. The number of hydrogen-bond acceptors (Lipinski definition) is 7. The third-order valence-electron chi connectivity index (χ3n) is 5.95. The number of anilines is 2. The Morgan fingerprint density at radius 1 is 1.21 bits per heavy atom. The molecule has 2 aromatic heterocycles. The predicted molar refractivity (Wildman–Crippen MR) is 133 cm³/mol. The highest BCUT2D eigenvalue weighted by Gasteiger charge is 2.19. The third kappa shape index (κ3) is 8.62. The van der Waals surface area contributed by atoms with Gasteiger partial charge in [0.05, 0.1) is 5.69 Å². The van der Waals surface area contributed by atoms with Gasteiger partial charge in [-0.3, -0.25) is 9.78 Å². The maximum absolute atomic E-state index is 11.8. The van der Waals surface area contributed by atoms with Crippen LogP contribution in [-0.2, 0) is 22.4 Å². The van der Waals surface area contributed by atoms with Gasteiger partial charge in [0.2, 0.25) is 5.91 Å². The normalized spacial score (nSPS) is 13.6. The Kier molecular flexibility index (Phi) is 10.1. The number of amides is 1. The lowest BCUT2D eigenvalue weighted by Crippen LogP contribution is -2.39. The number of carboxylic acid groups (broad SMARTS) is 1. The quantitative estimate of drug-likeness (QED) is 0.312. The fourth-order valence-electron chi connectivity index (χ4n) is 4.09. The van der Waals surface area contributed by atoms with E-state index in [1.165, 1.54) is 12.5 Å². The average Bonchev–Trinajstić information content (AvgIpc) is 2.84. The summed E-state index contributed by atoms with van der Waals surface area (Å²) in [6.07, 6.45) is 8.85. The molecule has 4 N–H and O–H groups in total. The largest absolute Gasteiger partial charge is 0.480 e. The minimum Gasteiger partial charge on any atom is -0.480 e. The smallest absolute Gasteiger partial charge is 0.326 e. The van der Waals surface area contributed by atoms with E-state index in [9.17, 15) is 14.7 Å². The van der Waals surface area contributed by atoms with Crippen molar-refractivity contribution in [2.24, 2.45) is 0 Å². The van der Waals surface area contributed by atoms with E-state index in [1.807, 2.05) is 6.07 Å². The zero-order chi connectivity index (χ0) is 24.2. The van der Waals surface area contributed by atoms with E-state index in [0.29, 0.717) is 31.7 Å². The lowest BCUT2D eigenvalue weighted by molar-refractivity contribution is -0.138. The van der Waals surface area contributed by atoms with Gasteiger partial charge in [-0.25, -0.2) is 9.78 Å². The molecule has 9 nitrogen and oxygen atoms in total. The van der Waals surface area contributed by atoms with Crippen LogP contribution >= 0.6 is 0 Å². The molecule has 0 aromatic carbocycles. The Bertz CT molecular complexity index is 924. The maximum Gasteiger partial charge on any atom is 0.326 e. The molecule has 1 atom stereocenters. The van der Waals surface area contributed by atoms with Gasteiger partial charge >= 0.3 is 5.97 Å². The number of carboxylic acids is 1. The van der Waals surface area contributed by atoms with Crippen LogP contribution in [0.2, 0.25) is 0 Å². The number of unbranched alkanes of at least 4 members (excludes halogenated alkanes) is 1. The lowest BCUT2D eigenvalue weighted by atomic mass is 10.1. The summed E-state index contributed by atoms with van der Waals surface area (Å²) >= 11 is 0. The van der Waals surface area contributed by atoms with Crippen LogP contribution in [0.25, 0.3) is 0 Å². The number of aromatic nitrogens is 2. The molecule has 0 aliphatic carbocycles. The zero-order valence-electron chi connectivity index (χ0n) is 19.9. The molecule has 34 heavy (non-hydrogen) atoms. The van der Waals surface area contributed by atoms with Crippen LogP contribution in [0.3, 0.4) is 0 Å². The van der Waals surface area contributed by atoms with Gasteiger partial charge in [-0.05, 0) is 68.8 Å². The van der Waals surface area contributed by atoms with Crippen molar-refractivity contribution in [3.63, 3.8) is 0 Å². The second-order valence-corrected chi connectivity index (χ2v) is 8.69. The second-order valence-electron chi connectivity index (χ2n) is 8.69. The number of fused-ring (bicyclic) bond motifs is 1. The maximum atomic E-state index is 11.8. The van der Waals surface area contributed by atoms with Crippen LogP contribution in [0.15, 0.2) is 36.7 Å². The molecule has 184 valence electrons. The van der Waals surface area contributed by atoms with Crippen LogP contribution in [0.5, 0.6) is 0 Å². The van der Waals surface area contributed by atoms with Crippen LogP contribution in [0.4, 0.5) is 11.5 Å². The molecular weight excluding hydrogens is 432 g/mol. The standard InChI is InChI=1S/C25H36N6O3/c1-19(32)27-14-17-31(16-11-23(25(33)34)29-22-8-5-12-26-18-22)15-3-2-7-21-10-9-20-6-4-13-28-24(20)30-21/h5,8-10,12,18,23,29H,2-4,6-7,11,13-17H2,1H3,(H,27,32)(H,28,30)(H,33,34)/t23-/m0/s1. The topological polar surface area (TPSA) is 119 Å². The van der Waals surface area contributed by atoms with Gasteiger partial charge in [-0.2, -0.15) is 0 Å². The van der Waals surface area contributed by atoms with Crippen LogP contribution in [0, 0.1) is 0 Å². The van der Waals surface area contributed by atoms with Crippen molar-refractivity contribution in [1.29, 1.82) is 0 Å². The summed E-state index contributed by atoms with van der Waals surface area (Å²) in [7, 11) is 0. The molecule has 0 saturated carbocycles. The van der Waals surface area contributed by atoms with E-state index in [0.717, 1.165) is 56.7 Å². The molecule has 9 heteroatoms. The van der Waals surface area contributed by atoms with Crippen molar-refractivity contribution < 1.29 is 14.7 Å². The van der Waals surface area contributed by atoms with Crippen molar-refractivity contribution in [2.45, 2.75) is 51.5 Å².